The number of hydrogen-bond donors (Lipinski definition) is 1. The fraction of sp³-hybridized carbons (Fsp3) is 0.100. The van der Waals surface area contributed by atoms with Crippen LogP contribution in [0, 0.1) is 17.0 Å². The number of aryl methyl sites for hydroxylation is 1. The lowest BCUT2D eigenvalue weighted by Gasteiger charge is -2.10. The lowest BCUT2D eigenvalue weighted by molar-refractivity contribution is -0.384. The van der Waals surface area contributed by atoms with Crippen LogP contribution in [0.15, 0.2) is 71.7 Å². The highest BCUT2D eigenvalue weighted by Gasteiger charge is 2.11. The number of nitro benzene ring substituents is 1. The van der Waals surface area contributed by atoms with Crippen molar-refractivity contribution in [2.24, 2.45) is 0 Å². The maximum absolute atomic E-state index is 12.5. The van der Waals surface area contributed by atoms with Gasteiger partial charge in [0.05, 0.1) is 17.0 Å². The van der Waals surface area contributed by atoms with Crippen LogP contribution >= 0.6 is 0 Å². The topological polar surface area (TPSA) is 94.2 Å². The van der Waals surface area contributed by atoms with Crippen molar-refractivity contribution in [3.05, 3.63) is 104 Å². The molecule has 0 aliphatic carbocycles. The number of rotatable bonds is 5. The van der Waals surface area contributed by atoms with Gasteiger partial charge in [-0.15, -0.1) is 0 Å². The third kappa shape index (κ3) is 4.27. The first kappa shape index (κ1) is 18.1. The summed E-state index contributed by atoms with van der Waals surface area (Å²) in [5.41, 5.74) is 2.20. The summed E-state index contributed by atoms with van der Waals surface area (Å²) in [5.74, 6) is -0.336. The van der Waals surface area contributed by atoms with Crippen molar-refractivity contribution in [2.45, 2.75) is 13.5 Å². The zero-order valence-corrected chi connectivity index (χ0v) is 14.6. The van der Waals surface area contributed by atoms with E-state index in [4.69, 9.17) is 0 Å². The number of pyridine rings is 1. The summed E-state index contributed by atoms with van der Waals surface area (Å²) in [6.45, 7) is 2.02. The molecule has 0 saturated heterocycles. The molecular weight excluding hydrogens is 346 g/mol. The Morgan fingerprint density at radius 2 is 1.89 bits per heavy atom. The van der Waals surface area contributed by atoms with Gasteiger partial charge in [0.1, 0.15) is 0 Å². The summed E-state index contributed by atoms with van der Waals surface area (Å²) >= 11 is 0. The van der Waals surface area contributed by atoms with Gasteiger partial charge >= 0.3 is 0 Å². The predicted octanol–water partition coefficient (Wildman–Crippen LogP) is 3.37. The average molecular weight is 363 g/mol. The van der Waals surface area contributed by atoms with Crippen LogP contribution < -0.4 is 10.9 Å². The van der Waals surface area contributed by atoms with Crippen molar-refractivity contribution in [2.75, 3.05) is 5.32 Å². The molecular formula is C20H17N3O4. The van der Waals surface area contributed by atoms with Crippen molar-refractivity contribution < 1.29 is 9.72 Å². The van der Waals surface area contributed by atoms with E-state index in [2.05, 4.69) is 5.32 Å². The molecule has 0 fully saturated rings. The molecule has 0 bridgehead atoms. The molecule has 0 aliphatic heterocycles. The Morgan fingerprint density at radius 3 is 2.63 bits per heavy atom. The molecule has 2 aromatic carbocycles. The van der Waals surface area contributed by atoms with Crippen LogP contribution in [0.2, 0.25) is 0 Å². The van der Waals surface area contributed by atoms with Crippen LogP contribution in [0.5, 0.6) is 0 Å². The van der Waals surface area contributed by atoms with Gasteiger partial charge < -0.3 is 9.88 Å². The number of hydrogen-bond acceptors (Lipinski definition) is 4. The van der Waals surface area contributed by atoms with E-state index in [0.717, 1.165) is 5.56 Å². The molecule has 0 atom stereocenters. The van der Waals surface area contributed by atoms with Crippen molar-refractivity contribution >= 4 is 17.3 Å². The average Bonchev–Trinajstić information content (AvgIpc) is 2.65. The zero-order chi connectivity index (χ0) is 19.4. The van der Waals surface area contributed by atoms with Gasteiger partial charge in [-0.3, -0.25) is 19.7 Å². The van der Waals surface area contributed by atoms with E-state index < -0.39 is 4.92 Å². The number of aromatic nitrogens is 1. The number of carbonyl (C=O) groups excluding carboxylic acids is 1. The molecule has 0 unspecified atom stereocenters. The summed E-state index contributed by atoms with van der Waals surface area (Å²) in [6.07, 6.45) is 1.45. The third-order valence-corrected chi connectivity index (χ3v) is 4.11. The first-order valence-electron chi connectivity index (χ1n) is 8.25. The standard InChI is InChI=1S/C20H17N3O4/c1-14-5-2-3-8-18(14)21-20(25)16-9-10-19(24)22(13-16)12-15-6-4-7-17(11-15)23(26)27/h2-11,13H,12H2,1H3,(H,21,25). The van der Waals surface area contributed by atoms with E-state index in [1.54, 1.807) is 18.2 Å². The quantitative estimate of drug-likeness (QED) is 0.555. The largest absolute Gasteiger partial charge is 0.322 e. The Bertz CT molecular complexity index is 1070. The second-order valence-corrected chi connectivity index (χ2v) is 6.08. The van der Waals surface area contributed by atoms with Gasteiger partial charge in [0.15, 0.2) is 0 Å². The predicted molar refractivity (Wildman–Crippen MR) is 102 cm³/mol. The number of nitro groups is 1. The van der Waals surface area contributed by atoms with Crippen LogP contribution in [0.25, 0.3) is 0 Å². The highest BCUT2D eigenvalue weighted by atomic mass is 16.6. The van der Waals surface area contributed by atoms with Gasteiger partial charge in [0.2, 0.25) is 0 Å². The Hall–Kier alpha value is -3.74. The second kappa shape index (κ2) is 7.65. The number of para-hydroxylation sites is 1. The van der Waals surface area contributed by atoms with Crippen molar-refractivity contribution in [1.29, 1.82) is 0 Å². The van der Waals surface area contributed by atoms with Crippen molar-refractivity contribution in [1.82, 2.24) is 4.57 Å². The summed E-state index contributed by atoms with van der Waals surface area (Å²) in [5, 5.41) is 13.7. The fourth-order valence-corrected chi connectivity index (χ4v) is 2.66. The van der Waals surface area contributed by atoms with E-state index in [0.29, 0.717) is 16.8 Å². The zero-order valence-electron chi connectivity index (χ0n) is 14.6. The maximum Gasteiger partial charge on any atom is 0.269 e. The van der Waals surface area contributed by atoms with Crippen LogP contribution in [0.1, 0.15) is 21.5 Å². The van der Waals surface area contributed by atoms with Crippen LogP contribution in [-0.4, -0.2) is 15.4 Å². The minimum atomic E-state index is -0.488. The highest BCUT2D eigenvalue weighted by molar-refractivity contribution is 6.04. The van der Waals surface area contributed by atoms with E-state index in [1.807, 2.05) is 25.1 Å². The minimum absolute atomic E-state index is 0.0472. The number of nitrogens with one attached hydrogen (secondary N) is 1. The molecule has 27 heavy (non-hydrogen) atoms. The Balaban J connectivity index is 1.85. The second-order valence-electron chi connectivity index (χ2n) is 6.08. The molecule has 1 aromatic heterocycles. The van der Waals surface area contributed by atoms with Gasteiger partial charge in [0.25, 0.3) is 17.2 Å². The van der Waals surface area contributed by atoms with Crippen LogP contribution in [0.4, 0.5) is 11.4 Å². The normalized spacial score (nSPS) is 10.4. The van der Waals surface area contributed by atoms with E-state index >= 15 is 0 Å². The molecule has 1 amide bonds. The molecule has 0 aliphatic rings. The summed E-state index contributed by atoms with van der Waals surface area (Å²) in [7, 11) is 0. The van der Waals surface area contributed by atoms with E-state index in [-0.39, 0.29) is 23.7 Å². The summed E-state index contributed by atoms with van der Waals surface area (Å²) < 4.78 is 1.35. The van der Waals surface area contributed by atoms with Crippen LogP contribution in [0.3, 0.4) is 0 Å². The van der Waals surface area contributed by atoms with Gasteiger partial charge in [-0.05, 0) is 30.2 Å². The molecule has 1 heterocycles. The summed E-state index contributed by atoms with van der Waals surface area (Å²) in [4.78, 5) is 35.1. The minimum Gasteiger partial charge on any atom is -0.322 e. The molecule has 1 N–H and O–H groups in total. The van der Waals surface area contributed by atoms with E-state index in [1.165, 1.54) is 35.0 Å². The number of nitrogens with zero attached hydrogens (tertiary/aromatic N) is 2. The lowest BCUT2D eigenvalue weighted by atomic mass is 10.1. The van der Waals surface area contributed by atoms with Crippen molar-refractivity contribution in [3.8, 4) is 0 Å². The number of benzene rings is 2. The third-order valence-electron chi connectivity index (χ3n) is 4.11. The maximum atomic E-state index is 12.5. The SMILES string of the molecule is Cc1ccccc1NC(=O)c1ccc(=O)n(Cc2cccc([N+](=O)[O-])c2)c1. The summed E-state index contributed by atoms with van der Waals surface area (Å²) in [6, 6.07) is 16.2. The molecule has 7 heteroatoms. The molecule has 7 nitrogen and oxygen atoms in total. The fourth-order valence-electron chi connectivity index (χ4n) is 2.66. The Kier molecular flexibility index (Phi) is 5.12. The molecule has 3 rings (SSSR count). The van der Waals surface area contributed by atoms with Gasteiger partial charge in [-0.25, -0.2) is 0 Å². The molecule has 3 aromatic rings. The van der Waals surface area contributed by atoms with E-state index in [9.17, 15) is 19.7 Å². The number of amides is 1. The Morgan fingerprint density at radius 1 is 1.11 bits per heavy atom. The smallest absolute Gasteiger partial charge is 0.269 e. The van der Waals surface area contributed by atoms with Crippen LogP contribution in [-0.2, 0) is 6.54 Å². The molecule has 136 valence electrons. The lowest BCUT2D eigenvalue weighted by Crippen LogP contribution is -2.22. The number of carbonyl (C=O) groups is 1. The first-order valence-corrected chi connectivity index (χ1v) is 8.25. The Labute approximate surface area is 155 Å². The molecule has 0 spiro atoms. The van der Waals surface area contributed by atoms with Gasteiger partial charge in [-0.1, -0.05) is 30.3 Å². The van der Waals surface area contributed by atoms with Gasteiger partial charge in [0, 0.05) is 30.1 Å². The first-order chi connectivity index (χ1) is 12.9. The van der Waals surface area contributed by atoms with Gasteiger partial charge in [-0.2, -0.15) is 0 Å². The number of anilines is 1. The van der Waals surface area contributed by atoms with Crippen molar-refractivity contribution in [3.63, 3.8) is 0 Å². The monoisotopic (exact) mass is 363 g/mol. The molecule has 0 radical (unpaired) electrons. The number of non-ortho nitro benzene ring substituents is 1. The highest BCUT2D eigenvalue weighted by Crippen LogP contribution is 2.16. The molecule has 0 saturated carbocycles.